The highest BCUT2D eigenvalue weighted by atomic mass is 16.3. The Morgan fingerprint density at radius 1 is 1.63 bits per heavy atom. The van der Waals surface area contributed by atoms with Crippen LogP contribution in [0, 0.1) is 5.41 Å². The first-order valence-electron chi connectivity index (χ1n) is 5.73. The van der Waals surface area contributed by atoms with E-state index in [2.05, 4.69) is 4.98 Å². The summed E-state index contributed by atoms with van der Waals surface area (Å²) in [6, 6.07) is 1.36. The summed E-state index contributed by atoms with van der Waals surface area (Å²) in [5, 5.41) is 18.9. The van der Waals surface area contributed by atoms with Gasteiger partial charge in [-0.1, -0.05) is 6.92 Å². The molecule has 0 saturated heterocycles. The van der Waals surface area contributed by atoms with Crippen molar-refractivity contribution in [2.75, 3.05) is 12.3 Å². The molecule has 0 spiro atoms. The number of carbonyl (C=O) groups excluding carboxylic acids is 1. The monoisotopic (exact) mass is 270 g/mol. The molecular formula is C11H18N4O4. The van der Waals surface area contributed by atoms with Crippen LogP contribution in [-0.2, 0) is 4.79 Å². The number of aliphatic hydroxyl groups excluding tert-OH is 2. The number of rotatable bonds is 6. The van der Waals surface area contributed by atoms with Crippen molar-refractivity contribution < 1.29 is 15.0 Å². The van der Waals surface area contributed by atoms with Crippen LogP contribution in [0.25, 0.3) is 0 Å². The van der Waals surface area contributed by atoms with Crippen molar-refractivity contribution >= 4 is 11.7 Å². The Hall–Kier alpha value is -1.93. The maximum atomic E-state index is 11.5. The molecule has 1 aromatic rings. The Morgan fingerprint density at radius 2 is 2.26 bits per heavy atom. The van der Waals surface area contributed by atoms with Gasteiger partial charge in [0.1, 0.15) is 12.0 Å². The lowest BCUT2D eigenvalue weighted by Crippen LogP contribution is -2.39. The first-order valence-corrected chi connectivity index (χ1v) is 5.73. The maximum Gasteiger partial charge on any atom is 0.351 e. The van der Waals surface area contributed by atoms with Crippen molar-refractivity contribution in [2.45, 2.75) is 26.0 Å². The van der Waals surface area contributed by atoms with Crippen LogP contribution >= 0.6 is 0 Å². The smallest absolute Gasteiger partial charge is 0.351 e. The van der Waals surface area contributed by atoms with E-state index in [1.807, 2.05) is 0 Å². The largest absolute Gasteiger partial charge is 0.396 e. The Morgan fingerprint density at radius 3 is 2.74 bits per heavy atom. The van der Waals surface area contributed by atoms with E-state index in [4.69, 9.17) is 16.6 Å². The molecule has 0 aliphatic carbocycles. The molecule has 1 rings (SSSR count). The molecule has 19 heavy (non-hydrogen) atoms. The SMILES string of the molecule is C[C@@](CCO)(C[C@@H](O)n1ccc(N)nc1=O)C(N)=O. The summed E-state index contributed by atoms with van der Waals surface area (Å²) < 4.78 is 0.953. The predicted molar refractivity (Wildman–Crippen MR) is 67.8 cm³/mol. The van der Waals surface area contributed by atoms with Gasteiger partial charge < -0.3 is 21.7 Å². The molecular weight excluding hydrogens is 252 g/mol. The number of aromatic nitrogens is 2. The molecule has 8 heteroatoms. The van der Waals surface area contributed by atoms with E-state index in [0.29, 0.717) is 0 Å². The highest BCUT2D eigenvalue weighted by Gasteiger charge is 2.33. The van der Waals surface area contributed by atoms with Crippen molar-refractivity contribution in [3.05, 3.63) is 22.7 Å². The third kappa shape index (κ3) is 3.52. The predicted octanol–water partition coefficient (Wildman–Crippen LogP) is -1.42. The van der Waals surface area contributed by atoms with Crippen molar-refractivity contribution in [1.29, 1.82) is 0 Å². The number of anilines is 1. The van der Waals surface area contributed by atoms with Crippen LogP contribution in [0.1, 0.15) is 26.0 Å². The topological polar surface area (TPSA) is 144 Å². The van der Waals surface area contributed by atoms with Crippen LogP contribution in [0.4, 0.5) is 5.82 Å². The molecule has 8 nitrogen and oxygen atoms in total. The molecule has 1 heterocycles. The average molecular weight is 270 g/mol. The van der Waals surface area contributed by atoms with Crippen molar-refractivity contribution in [2.24, 2.45) is 11.1 Å². The number of nitrogens with zero attached hydrogens (tertiary/aromatic N) is 2. The van der Waals surface area contributed by atoms with E-state index in [0.717, 1.165) is 4.57 Å². The summed E-state index contributed by atoms with van der Waals surface area (Å²) in [4.78, 5) is 26.4. The minimum absolute atomic E-state index is 0.0430. The number of amides is 1. The number of hydrogen-bond donors (Lipinski definition) is 4. The number of nitrogens with two attached hydrogens (primary N) is 2. The van der Waals surface area contributed by atoms with E-state index >= 15 is 0 Å². The standard InChI is InChI=1S/C11H18N4O4/c1-11(3-5-16,9(13)18)6-8(17)15-4-2-7(12)14-10(15)19/h2,4,8,16-17H,3,5-6H2,1H3,(H2,13,18)(H2,12,14,19)/t8-,11-/m1/s1. The fourth-order valence-corrected chi connectivity index (χ4v) is 1.73. The minimum Gasteiger partial charge on any atom is -0.396 e. The van der Waals surface area contributed by atoms with Crippen LogP contribution in [0.15, 0.2) is 17.1 Å². The summed E-state index contributed by atoms with van der Waals surface area (Å²) in [7, 11) is 0. The van der Waals surface area contributed by atoms with Gasteiger partial charge in [0.05, 0.1) is 5.41 Å². The first kappa shape index (κ1) is 15.1. The number of carbonyl (C=O) groups is 1. The lowest BCUT2D eigenvalue weighted by Gasteiger charge is -2.28. The lowest BCUT2D eigenvalue weighted by molar-refractivity contribution is -0.130. The zero-order valence-corrected chi connectivity index (χ0v) is 10.6. The zero-order chi connectivity index (χ0) is 14.6. The second-order valence-corrected chi connectivity index (χ2v) is 4.63. The molecule has 1 amide bonds. The third-order valence-corrected chi connectivity index (χ3v) is 3.06. The fraction of sp³-hybridized carbons (Fsp3) is 0.545. The van der Waals surface area contributed by atoms with Gasteiger partial charge in [0, 0.05) is 19.2 Å². The van der Waals surface area contributed by atoms with E-state index in [1.54, 1.807) is 0 Å². The Labute approximate surface area is 109 Å². The minimum atomic E-state index is -1.27. The van der Waals surface area contributed by atoms with E-state index < -0.39 is 23.2 Å². The van der Waals surface area contributed by atoms with Crippen LogP contribution in [0.2, 0.25) is 0 Å². The summed E-state index contributed by atoms with van der Waals surface area (Å²) >= 11 is 0. The van der Waals surface area contributed by atoms with Crippen LogP contribution in [0.3, 0.4) is 0 Å². The van der Waals surface area contributed by atoms with Gasteiger partial charge in [0.15, 0.2) is 0 Å². The second kappa shape index (κ2) is 5.81. The van der Waals surface area contributed by atoms with Crippen molar-refractivity contribution in [3.63, 3.8) is 0 Å². The quantitative estimate of drug-likeness (QED) is 0.499. The van der Waals surface area contributed by atoms with Crippen LogP contribution in [0.5, 0.6) is 0 Å². The molecule has 0 saturated carbocycles. The maximum absolute atomic E-state index is 11.5. The summed E-state index contributed by atoms with van der Waals surface area (Å²) in [6.07, 6.45) is 0.00494. The second-order valence-electron chi connectivity index (χ2n) is 4.63. The normalized spacial score (nSPS) is 15.7. The number of nitrogen functional groups attached to an aromatic ring is 1. The third-order valence-electron chi connectivity index (χ3n) is 3.06. The first-order chi connectivity index (χ1) is 8.80. The number of aliphatic hydroxyl groups is 2. The van der Waals surface area contributed by atoms with Gasteiger partial charge in [0.25, 0.3) is 0 Å². The van der Waals surface area contributed by atoms with Gasteiger partial charge in [-0.05, 0) is 12.5 Å². The molecule has 0 fully saturated rings. The molecule has 2 atom stereocenters. The van der Waals surface area contributed by atoms with Gasteiger partial charge in [-0.15, -0.1) is 0 Å². The van der Waals surface area contributed by atoms with E-state index in [-0.39, 0.29) is 25.3 Å². The zero-order valence-electron chi connectivity index (χ0n) is 10.6. The molecule has 0 radical (unpaired) electrons. The number of primary amides is 1. The van der Waals surface area contributed by atoms with Crippen LogP contribution in [-0.4, -0.2) is 32.3 Å². The van der Waals surface area contributed by atoms with Crippen molar-refractivity contribution in [3.8, 4) is 0 Å². The fourth-order valence-electron chi connectivity index (χ4n) is 1.73. The molecule has 0 aromatic carbocycles. The Kier molecular flexibility index (Phi) is 4.62. The molecule has 1 aromatic heterocycles. The van der Waals surface area contributed by atoms with Crippen molar-refractivity contribution in [1.82, 2.24) is 9.55 Å². The van der Waals surface area contributed by atoms with Gasteiger partial charge in [-0.3, -0.25) is 9.36 Å². The Bertz CT molecular complexity index is 516. The van der Waals surface area contributed by atoms with E-state index in [1.165, 1.54) is 19.2 Å². The Balaban J connectivity index is 2.97. The van der Waals surface area contributed by atoms with E-state index in [9.17, 15) is 14.7 Å². The van der Waals surface area contributed by atoms with Gasteiger partial charge in [-0.25, -0.2) is 4.79 Å². The molecule has 0 unspecified atom stereocenters. The molecule has 106 valence electrons. The number of hydrogen-bond acceptors (Lipinski definition) is 6. The highest BCUT2D eigenvalue weighted by Crippen LogP contribution is 2.30. The summed E-state index contributed by atoms with van der Waals surface area (Å²) in [5.74, 6) is -0.612. The van der Waals surface area contributed by atoms with Crippen LogP contribution < -0.4 is 17.2 Å². The lowest BCUT2D eigenvalue weighted by atomic mass is 9.82. The van der Waals surface area contributed by atoms with Gasteiger partial charge in [0.2, 0.25) is 5.91 Å². The molecule has 0 aliphatic rings. The molecule has 6 N–H and O–H groups in total. The summed E-state index contributed by atoms with van der Waals surface area (Å²) in [6.45, 7) is 1.27. The highest BCUT2D eigenvalue weighted by molar-refractivity contribution is 5.80. The average Bonchev–Trinajstić information content (AvgIpc) is 2.28. The molecule has 0 aliphatic heterocycles. The summed E-state index contributed by atoms with van der Waals surface area (Å²) in [5.41, 5.74) is 8.76. The van der Waals surface area contributed by atoms with Gasteiger partial charge in [-0.2, -0.15) is 4.98 Å². The molecule has 0 bridgehead atoms. The van der Waals surface area contributed by atoms with Gasteiger partial charge >= 0.3 is 5.69 Å².